The Morgan fingerprint density at radius 3 is 2.33 bits per heavy atom. The van der Waals surface area contributed by atoms with Gasteiger partial charge in [-0.1, -0.05) is 0 Å². The number of ether oxygens (including phenoxy) is 2. The zero-order chi connectivity index (χ0) is 15.8. The molecule has 3 atom stereocenters. The first-order chi connectivity index (χ1) is 9.93. The summed E-state index contributed by atoms with van der Waals surface area (Å²) in [6, 6.07) is -0.449. The van der Waals surface area contributed by atoms with E-state index in [0.29, 0.717) is 26.2 Å². The van der Waals surface area contributed by atoms with Crippen molar-refractivity contribution in [2.75, 3.05) is 53.0 Å². The number of methoxy groups -OCH3 is 1. The van der Waals surface area contributed by atoms with Crippen LogP contribution in [0.25, 0.3) is 0 Å². The van der Waals surface area contributed by atoms with Crippen LogP contribution in [-0.4, -0.2) is 97.3 Å². The lowest BCUT2D eigenvalue weighted by Crippen LogP contribution is -2.53. The highest BCUT2D eigenvalue weighted by Gasteiger charge is 2.25. The van der Waals surface area contributed by atoms with E-state index in [1.54, 1.807) is 14.0 Å². The van der Waals surface area contributed by atoms with E-state index in [9.17, 15) is 9.90 Å². The van der Waals surface area contributed by atoms with Crippen LogP contribution < -0.4 is 0 Å². The lowest BCUT2D eigenvalue weighted by molar-refractivity contribution is -0.143. The van der Waals surface area contributed by atoms with E-state index in [0.717, 1.165) is 13.1 Å². The molecule has 0 aromatic heterocycles. The summed E-state index contributed by atoms with van der Waals surface area (Å²) in [5.41, 5.74) is 0. The Hall–Kier alpha value is -0.730. The molecule has 0 radical (unpaired) electrons. The van der Waals surface area contributed by atoms with Gasteiger partial charge in [0.15, 0.2) is 0 Å². The fourth-order valence-corrected chi connectivity index (χ4v) is 2.40. The van der Waals surface area contributed by atoms with E-state index in [2.05, 4.69) is 4.90 Å². The molecule has 0 aliphatic carbocycles. The Morgan fingerprint density at radius 2 is 1.81 bits per heavy atom. The Morgan fingerprint density at radius 1 is 1.19 bits per heavy atom. The number of hydrogen-bond donors (Lipinski definition) is 2. The molecule has 21 heavy (non-hydrogen) atoms. The van der Waals surface area contributed by atoms with Crippen LogP contribution in [0.2, 0.25) is 0 Å². The maximum atomic E-state index is 10.9. The van der Waals surface area contributed by atoms with Crippen LogP contribution in [-0.2, 0) is 14.3 Å². The van der Waals surface area contributed by atoms with Crippen LogP contribution in [0.1, 0.15) is 13.8 Å². The third-order valence-corrected chi connectivity index (χ3v) is 3.76. The van der Waals surface area contributed by atoms with Gasteiger partial charge in [0.2, 0.25) is 0 Å². The number of aliphatic carboxylic acids is 1. The minimum absolute atomic E-state index is 0.0297. The first-order valence-corrected chi connectivity index (χ1v) is 7.41. The van der Waals surface area contributed by atoms with Crippen molar-refractivity contribution >= 4 is 5.97 Å². The minimum atomic E-state index is -0.788. The largest absolute Gasteiger partial charge is 0.480 e. The summed E-state index contributed by atoms with van der Waals surface area (Å²) in [7, 11) is 1.62. The summed E-state index contributed by atoms with van der Waals surface area (Å²) < 4.78 is 10.5. The SMILES string of the molecule is COCC(C)OCC(O)CN1CCN(C(C)C(=O)O)CC1. The molecule has 1 aliphatic heterocycles. The molecule has 0 saturated carbocycles. The summed E-state index contributed by atoms with van der Waals surface area (Å²) in [6.45, 7) is 7.91. The van der Waals surface area contributed by atoms with Crippen LogP contribution >= 0.6 is 0 Å². The molecule has 7 heteroatoms. The van der Waals surface area contributed by atoms with Crippen molar-refractivity contribution in [3.8, 4) is 0 Å². The van der Waals surface area contributed by atoms with E-state index < -0.39 is 18.1 Å². The summed E-state index contributed by atoms with van der Waals surface area (Å²) in [5.74, 6) is -0.788. The first kappa shape index (κ1) is 18.3. The first-order valence-electron chi connectivity index (χ1n) is 7.41. The van der Waals surface area contributed by atoms with Crippen molar-refractivity contribution in [3.05, 3.63) is 0 Å². The van der Waals surface area contributed by atoms with Gasteiger partial charge in [0.1, 0.15) is 6.04 Å². The normalized spacial score (nSPS) is 21.9. The Balaban J connectivity index is 2.21. The van der Waals surface area contributed by atoms with Gasteiger partial charge in [-0.25, -0.2) is 0 Å². The summed E-state index contributed by atoms with van der Waals surface area (Å²) >= 11 is 0. The molecule has 0 spiro atoms. The monoisotopic (exact) mass is 304 g/mol. The molecule has 3 unspecified atom stereocenters. The van der Waals surface area contributed by atoms with Gasteiger partial charge in [0, 0.05) is 39.8 Å². The quantitative estimate of drug-likeness (QED) is 0.593. The van der Waals surface area contributed by atoms with Crippen molar-refractivity contribution in [1.82, 2.24) is 9.80 Å². The topological polar surface area (TPSA) is 82.5 Å². The Labute approximate surface area is 126 Å². The second-order valence-electron chi connectivity index (χ2n) is 5.60. The molecule has 1 rings (SSSR count). The molecular formula is C14H28N2O5. The molecular weight excluding hydrogens is 276 g/mol. The summed E-state index contributed by atoms with van der Waals surface area (Å²) in [4.78, 5) is 15.0. The van der Waals surface area contributed by atoms with Gasteiger partial charge in [-0.15, -0.1) is 0 Å². The highest BCUT2D eigenvalue weighted by molar-refractivity contribution is 5.72. The van der Waals surface area contributed by atoms with Crippen molar-refractivity contribution in [1.29, 1.82) is 0 Å². The maximum absolute atomic E-state index is 10.9. The van der Waals surface area contributed by atoms with Crippen LogP contribution in [0.4, 0.5) is 0 Å². The number of β-amino-alcohol motifs (C(OH)–C–C–N with tert-alkyl or cyclic N) is 1. The molecule has 7 nitrogen and oxygen atoms in total. The second-order valence-corrected chi connectivity index (χ2v) is 5.60. The number of nitrogens with zero attached hydrogens (tertiary/aromatic N) is 2. The van der Waals surface area contributed by atoms with Crippen molar-refractivity contribution in [2.24, 2.45) is 0 Å². The van der Waals surface area contributed by atoms with Gasteiger partial charge in [0.25, 0.3) is 0 Å². The Bertz CT molecular complexity index is 308. The van der Waals surface area contributed by atoms with Crippen molar-refractivity contribution < 1.29 is 24.5 Å². The zero-order valence-electron chi connectivity index (χ0n) is 13.2. The van der Waals surface area contributed by atoms with E-state index in [-0.39, 0.29) is 12.7 Å². The smallest absolute Gasteiger partial charge is 0.320 e. The van der Waals surface area contributed by atoms with Crippen LogP contribution in [0, 0.1) is 0 Å². The lowest BCUT2D eigenvalue weighted by atomic mass is 10.2. The number of rotatable bonds is 9. The average Bonchev–Trinajstić information content (AvgIpc) is 2.45. The van der Waals surface area contributed by atoms with Gasteiger partial charge in [-0.05, 0) is 13.8 Å². The molecule has 2 N–H and O–H groups in total. The summed E-state index contributed by atoms with van der Waals surface area (Å²) in [6.07, 6.45) is -0.564. The number of aliphatic hydroxyl groups excluding tert-OH is 1. The number of hydrogen-bond acceptors (Lipinski definition) is 6. The molecule has 1 fully saturated rings. The van der Waals surface area contributed by atoms with Crippen LogP contribution in [0.5, 0.6) is 0 Å². The minimum Gasteiger partial charge on any atom is -0.480 e. The number of aliphatic hydroxyl groups is 1. The van der Waals surface area contributed by atoms with E-state index in [1.807, 2.05) is 11.8 Å². The van der Waals surface area contributed by atoms with E-state index >= 15 is 0 Å². The lowest BCUT2D eigenvalue weighted by Gasteiger charge is -2.37. The third kappa shape index (κ3) is 6.71. The average molecular weight is 304 g/mol. The molecule has 1 saturated heterocycles. The van der Waals surface area contributed by atoms with Gasteiger partial charge >= 0.3 is 5.97 Å². The van der Waals surface area contributed by atoms with E-state index in [4.69, 9.17) is 14.6 Å². The van der Waals surface area contributed by atoms with Gasteiger partial charge in [-0.2, -0.15) is 0 Å². The maximum Gasteiger partial charge on any atom is 0.320 e. The second kappa shape index (κ2) is 9.32. The van der Waals surface area contributed by atoms with Gasteiger partial charge in [0.05, 0.1) is 25.4 Å². The highest BCUT2D eigenvalue weighted by Crippen LogP contribution is 2.07. The standard InChI is InChI=1S/C14H28N2O5/c1-11(9-20-3)21-10-13(17)8-15-4-6-16(7-5-15)12(2)14(18)19/h11-13,17H,4-10H2,1-3H3,(H,18,19). The number of piperazine rings is 1. The molecule has 124 valence electrons. The predicted octanol–water partition coefficient (Wildman–Crippen LogP) is -0.510. The van der Waals surface area contributed by atoms with Gasteiger partial charge < -0.3 is 19.7 Å². The van der Waals surface area contributed by atoms with E-state index in [1.165, 1.54) is 0 Å². The van der Waals surface area contributed by atoms with Crippen molar-refractivity contribution in [3.63, 3.8) is 0 Å². The Kier molecular flexibility index (Phi) is 8.13. The predicted molar refractivity (Wildman–Crippen MR) is 78.4 cm³/mol. The molecule has 1 aliphatic rings. The van der Waals surface area contributed by atoms with Crippen molar-refractivity contribution in [2.45, 2.75) is 32.1 Å². The summed E-state index contributed by atoms with van der Waals surface area (Å²) in [5, 5.41) is 19.0. The van der Waals surface area contributed by atoms with Gasteiger partial charge in [-0.3, -0.25) is 14.6 Å². The number of carboxylic acid groups (broad SMARTS) is 1. The fraction of sp³-hybridized carbons (Fsp3) is 0.929. The molecule has 0 bridgehead atoms. The molecule has 0 amide bonds. The van der Waals surface area contributed by atoms with Crippen LogP contribution in [0.3, 0.4) is 0 Å². The fourth-order valence-electron chi connectivity index (χ4n) is 2.40. The highest BCUT2D eigenvalue weighted by atomic mass is 16.5. The zero-order valence-corrected chi connectivity index (χ0v) is 13.2. The molecule has 1 heterocycles. The molecule has 0 aromatic rings. The van der Waals surface area contributed by atoms with Crippen LogP contribution in [0.15, 0.2) is 0 Å². The number of carboxylic acids is 1. The number of carbonyl (C=O) groups is 1. The molecule has 0 aromatic carbocycles. The third-order valence-electron chi connectivity index (χ3n) is 3.76.